The van der Waals surface area contributed by atoms with Gasteiger partial charge in [-0.25, -0.2) is 4.98 Å². The molecule has 0 fully saturated rings. The van der Waals surface area contributed by atoms with Gasteiger partial charge in [0.1, 0.15) is 0 Å². The topological polar surface area (TPSA) is 34.9 Å². The molecule has 0 saturated carbocycles. The van der Waals surface area contributed by atoms with Crippen LogP contribution in [0.1, 0.15) is 18.1 Å². The first-order valence-corrected chi connectivity index (χ1v) is 5.10. The summed E-state index contributed by atoms with van der Waals surface area (Å²) in [5.41, 5.74) is 4.18. The number of rotatable bonds is 1. The van der Waals surface area contributed by atoms with Gasteiger partial charge < -0.3 is 4.57 Å². The molecule has 15 heavy (non-hydrogen) atoms. The molecule has 0 atom stereocenters. The normalized spacial score (nSPS) is 10.9. The summed E-state index contributed by atoms with van der Waals surface area (Å²) in [5.74, 6) is 0. The second-order valence-corrected chi connectivity index (χ2v) is 3.77. The van der Waals surface area contributed by atoms with Crippen LogP contribution in [-0.4, -0.2) is 9.55 Å². The first kappa shape index (κ1) is 9.90. The fourth-order valence-electron chi connectivity index (χ4n) is 1.74. The summed E-state index contributed by atoms with van der Waals surface area (Å²) >= 11 is 0. The summed E-state index contributed by atoms with van der Waals surface area (Å²) in [6.45, 7) is 6.75. The Morgan fingerprint density at radius 1 is 1.27 bits per heavy atom. The van der Waals surface area contributed by atoms with Crippen molar-refractivity contribution in [3.05, 3.63) is 39.8 Å². The van der Waals surface area contributed by atoms with Crippen LogP contribution in [0.2, 0.25) is 0 Å². The summed E-state index contributed by atoms with van der Waals surface area (Å²) in [7, 11) is 0. The van der Waals surface area contributed by atoms with Crippen molar-refractivity contribution in [3.63, 3.8) is 0 Å². The Morgan fingerprint density at radius 3 is 2.60 bits per heavy atom. The van der Waals surface area contributed by atoms with E-state index in [1.54, 1.807) is 4.57 Å². The van der Waals surface area contributed by atoms with Gasteiger partial charge in [0.2, 0.25) is 0 Å². The van der Waals surface area contributed by atoms with Crippen molar-refractivity contribution in [3.8, 4) is 0 Å². The Kier molecular flexibility index (Phi) is 2.31. The van der Waals surface area contributed by atoms with Crippen molar-refractivity contribution in [2.24, 2.45) is 0 Å². The molecule has 0 radical (unpaired) electrons. The van der Waals surface area contributed by atoms with E-state index in [2.05, 4.69) is 11.9 Å². The van der Waals surface area contributed by atoms with Crippen molar-refractivity contribution in [1.29, 1.82) is 0 Å². The van der Waals surface area contributed by atoms with Crippen molar-refractivity contribution in [2.75, 3.05) is 0 Å². The molecule has 78 valence electrons. The largest absolute Gasteiger partial charge is 0.306 e. The van der Waals surface area contributed by atoms with Crippen LogP contribution in [0, 0.1) is 13.8 Å². The smallest absolute Gasteiger partial charge is 0.269 e. The molecule has 2 aromatic rings. The number of nitrogens with zero attached hydrogens (tertiary/aromatic N) is 2. The van der Waals surface area contributed by atoms with E-state index < -0.39 is 0 Å². The summed E-state index contributed by atoms with van der Waals surface area (Å²) in [6.07, 6.45) is 1.39. The second-order valence-electron chi connectivity index (χ2n) is 3.77. The lowest BCUT2D eigenvalue weighted by Gasteiger charge is -2.08. The Morgan fingerprint density at radius 2 is 1.93 bits per heavy atom. The number of hydrogen-bond acceptors (Lipinski definition) is 2. The molecule has 0 aliphatic heterocycles. The molecule has 0 amide bonds. The molecule has 1 heterocycles. The highest BCUT2D eigenvalue weighted by Gasteiger charge is 2.04. The van der Waals surface area contributed by atoms with E-state index in [1.807, 2.05) is 26.0 Å². The number of benzene rings is 1. The van der Waals surface area contributed by atoms with Gasteiger partial charge in [-0.1, -0.05) is 0 Å². The van der Waals surface area contributed by atoms with Gasteiger partial charge in [-0.3, -0.25) is 4.79 Å². The molecule has 0 spiro atoms. The quantitative estimate of drug-likeness (QED) is 0.709. The van der Waals surface area contributed by atoms with Crippen LogP contribution in [0.15, 0.2) is 23.1 Å². The molecular weight excluding hydrogens is 188 g/mol. The van der Waals surface area contributed by atoms with Crippen LogP contribution < -0.4 is 5.56 Å². The zero-order valence-electron chi connectivity index (χ0n) is 9.24. The van der Waals surface area contributed by atoms with Crippen molar-refractivity contribution in [2.45, 2.75) is 27.3 Å². The molecule has 0 bridgehead atoms. The average molecular weight is 202 g/mol. The molecule has 0 saturated heterocycles. The van der Waals surface area contributed by atoms with Crippen LogP contribution in [0.4, 0.5) is 0 Å². The van der Waals surface area contributed by atoms with Gasteiger partial charge in [-0.2, -0.15) is 0 Å². The van der Waals surface area contributed by atoms with E-state index in [4.69, 9.17) is 0 Å². The standard InChI is InChI=1S/C12H14N2O/c1-4-14-11-6-9(3)8(2)5-10(11)13-7-12(14)15/h5-7H,4H2,1-3H3. The highest BCUT2D eigenvalue weighted by Crippen LogP contribution is 2.15. The van der Waals surface area contributed by atoms with E-state index in [0.717, 1.165) is 11.0 Å². The van der Waals surface area contributed by atoms with Crippen LogP contribution in [0.25, 0.3) is 11.0 Å². The predicted octanol–water partition coefficient (Wildman–Crippen LogP) is 2.03. The monoisotopic (exact) mass is 202 g/mol. The lowest BCUT2D eigenvalue weighted by atomic mass is 10.1. The van der Waals surface area contributed by atoms with Crippen LogP contribution in [-0.2, 0) is 6.54 Å². The molecule has 1 aromatic heterocycles. The minimum atomic E-state index is -0.0340. The SMILES string of the molecule is CCn1c(=O)cnc2cc(C)c(C)cc21. The third-order valence-corrected chi connectivity index (χ3v) is 2.78. The first-order chi connectivity index (χ1) is 7.13. The minimum Gasteiger partial charge on any atom is -0.306 e. The minimum absolute atomic E-state index is 0.0340. The Hall–Kier alpha value is -1.64. The van der Waals surface area contributed by atoms with E-state index in [9.17, 15) is 4.79 Å². The zero-order chi connectivity index (χ0) is 11.0. The van der Waals surface area contributed by atoms with Gasteiger partial charge >= 0.3 is 0 Å². The lowest BCUT2D eigenvalue weighted by molar-refractivity contribution is 0.753. The lowest BCUT2D eigenvalue weighted by Crippen LogP contribution is -2.19. The molecule has 1 aromatic carbocycles. The number of aromatic nitrogens is 2. The second kappa shape index (κ2) is 3.50. The number of aryl methyl sites for hydroxylation is 3. The van der Waals surface area contributed by atoms with Gasteiger partial charge in [-0.15, -0.1) is 0 Å². The van der Waals surface area contributed by atoms with Gasteiger partial charge in [0, 0.05) is 6.54 Å². The zero-order valence-corrected chi connectivity index (χ0v) is 9.24. The van der Waals surface area contributed by atoms with E-state index >= 15 is 0 Å². The Labute approximate surface area is 88.4 Å². The van der Waals surface area contributed by atoms with Gasteiger partial charge in [-0.05, 0) is 44.0 Å². The molecular formula is C12H14N2O. The fourth-order valence-corrected chi connectivity index (χ4v) is 1.74. The summed E-state index contributed by atoms with van der Waals surface area (Å²) in [6, 6.07) is 4.05. The van der Waals surface area contributed by atoms with Gasteiger partial charge in [0.25, 0.3) is 5.56 Å². The number of hydrogen-bond donors (Lipinski definition) is 0. The average Bonchev–Trinajstić information content (AvgIpc) is 2.21. The van der Waals surface area contributed by atoms with E-state index in [0.29, 0.717) is 6.54 Å². The van der Waals surface area contributed by atoms with Crippen LogP contribution in [0.3, 0.4) is 0 Å². The molecule has 3 nitrogen and oxygen atoms in total. The summed E-state index contributed by atoms with van der Waals surface area (Å²) in [4.78, 5) is 15.7. The number of fused-ring (bicyclic) bond motifs is 1. The first-order valence-electron chi connectivity index (χ1n) is 5.10. The highest BCUT2D eigenvalue weighted by molar-refractivity contribution is 5.76. The predicted molar refractivity (Wildman–Crippen MR) is 61.2 cm³/mol. The van der Waals surface area contributed by atoms with Crippen molar-refractivity contribution >= 4 is 11.0 Å². The molecule has 2 rings (SSSR count). The molecule has 0 N–H and O–H groups in total. The Bertz CT molecular complexity index is 570. The van der Waals surface area contributed by atoms with Crippen LogP contribution >= 0.6 is 0 Å². The molecule has 0 aliphatic carbocycles. The Balaban J connectivity index is 2.92. The maximum atomic E-state index is 11.6. The third-order valence-electron chi connectivity index (χ3n) is 2.78. The maximum Gasteiger partial charge on any atom is 0.269 e. The summed E-state index contributed by atoms with van der Waals surface area (Å²) in [5, 5.41) is 0. The van der Waals surface area contributed by atoms with E-state index in [1.165, 1.54) is 17.3 Å². The van der Waals surface area contributed by atoms with Crippen LogP contribution in [0.5, 0.6) is 0 Å². The highest BCUT2D eigenvalue weighted by atomic mass is 16.1. The van der Waals surface area contributed by atoms with Crippen molar-refractivity contribution < 1.29 is 0 Å². The fraction of sp³-hybridized carbons (Fsp3) is 0.333. The molecule has 0 unspecified atom stereocenters. The van der Waals surface area contributed by atoms with Gasteiger partial charge in [0.15, 0.2) is 0 Å². The van der Waals surface area contributed by atoms with E-state index in [-0.39, 0.29) is 5.56 Å². The summed E-state index contributed by atoms with van der Waals surface area (Å²) < 4.78 is 1.74. The maximum absolute atomic E-state index is 11.6. The third kappa shape index (κ3) is 1.54. The molecule has 0 aliphatic rings. The van der Waals surface area contributed by atoms with Crippen molar-refractivity contribution in [1.82, 2.24) is 9.55 Å². The molecule has 3 heteroatoms. The van der Waals surface area contributed by atoms with Gasteiger partial charge in [0.05, 0.1) is 17.2 Å².